The van der Waals surface area contributed by atoms with E-state index in [1.54, 1.807) is 0 Å². The van der Waals surface area contributed by atoms with Gasteiger partial charge < -0.3 is 10.8 Å². The monoisotopic (exact) mass is 177 g/mol. The van der Waals surface area contributed by atoms with E-state index < -0.39 is 16.8 Å². The Labute approximate surface area is 67.5 Å². The van der Waals surface area contributed by atoms with Crippen LogP contribution < -0.4 is 5.73 Å². The minimum absolute atomic E-state index is 0.350. The second-order valence-corrected chi connectivity index (χ2v) is 3.37. The number of hydrogen-bond acceptors (Lipinski definition) is 3. The third kappa shape index (κ3) is 4.55. The van der Waals surface area contributed by atoms with Crippen molar-refractivity contribution in [1.82, 2.24) is 0 Å². The highest BCUT2D eigenvalue weighted by Crippen LogP contribution is 1.92. The summed E-state index contributed by atoms with van der Waals surface area (Å²) < 4.78 is 10.8. The molecule has 0 aromatic heterocycles. The molecule has 0 radical (unpaired) electrons. The lowest BCUT2D eigenvalue weighted by molar-refractivity contribution is -0.132. The van der Waals surface area contributed by atoms with Crippen molar-refractivity contribution in [2.45, 2.75) is 13.3 Å². The van der Waals surface area contributed by atoms with Crippen LogP contribution in [0.15, 0.2) is 11.1 Å². The van der Waals surface area contributed by atoms with Gasteiger partial charge in [0.25, 0.3) is 0 Å². The SMILES string of the molecule is CCCS(=O)/C=C(\N)C(=O)O. The van der Waals surface area contributed by atoms with Gasteiger partial charge in [0.15, 0.2) is 0 Å². The zero-order chi connectivity index (χ0) is 8.85. The van der Waals surface area contributed by atoms with E-state index in [2.05, 4.69) is 0 Å². The fraction of sp³-hybridized carbons (Fsp3) is 0.500. The maximum atomic E-state index is 10.8. The van der Waals surface area contributed by atoms with Crippen molar-refractivity contribution in [3.63, 3.8) is 0 Å². The first-order chi connectivity index (χ1) is 5.07. The molecule has 0 heterocycles. The van der Waals surface area contributed by atoms with E-state index in [4.69, 9.17) is 10.8 Å². The Hall–Kier alpha value is -0.840. The zero-order valence-electron chi connectivity index (χ0n) is 6.24. The summed E-state index contributed by atoms with van der Waals surface area (Å²) in [5.74, 6) is -0.775. The molecule has 1 atom stereocenters. The van der Waals surface area contributed by atoms with Crippen LogP contribution in [0.3, 0.4) is 0 Å². The van der Waals surface area contributed by atoms with Crippen molar-refractivity contribution in [2.75, 3.05) is 5.75 Å². The fourth-order valence-corrected chi connectivity index (χ4v) is 1.36. The van der Waals surface area contributed by atoms with Gasteiger partial charge in [0, 0.05) is 22.0 Å². The summed E-state index contributed by atoms with van der Waals surface area (Å²) in [6.07, 6.45) is 0.746. The Morgan fingerprint density at radius 2 is 2.27 bits per heavy atom. The van der Waals surface area contributed by atoms with Crippen LogP contribution in [0.25, 0.3) is 0 Å². The zero-order valence-corrected chi connectivity index (χ0v) is 7.06. The molecule has 0 aliphatic heterocycles. The first-order valence-electron chi connectivity index (χ1n) is 3.15. The quantitative estimate of drug-likeness (QED) is 0.594. The maximum absolute atomic E-state index is 10.8. The Morgan fingerprint density at radius 1 is 1.73 bits per heavy atom. The number of nitrogens with two attached hydrogens (primary N) is 1. The van der Waals surface area contributed by atoms with E-state index in [1.807, 2.05) is 6.92 Å². The predicted octanol–water partition coefficient (Wildman–Crippen LogP) is 0.0298. The first kappa shape index (κ1) is 10.2. The van der Waals surface area contributed by atoms with Gasteiger partial charge in [-0.3, -0.25) is 4.21 Å². The van der Waals surface area contributed by atoms with Crippen molar-refractivity contribution in [2.24, 2.45) is 5.73 Å². The topological polar surface area (TPSA) is 80.4 Å². The van der Waals surface area contributed by atoms with Crippen LogP contribution in [0.2, 0.25) is 0 Å². The van der Waals surface area contributed by atoms with Crippen molar-refractivity contribution in [3.8, 4) is 0 Å². The molecule has 0 aliphatic carbocycles. The average Bonchev–Trinajstić information content (AvgIpc) is 1.87. The number of hydrogen-bond donors (Lipinski definition) is 2. The third-order valence-corrected chi connectivity index (χ3v) is 2.24. The molecular weight excluding hydrogens is 166 g/mol. The number of carboxylic acids is 1. The predicted molar refractivity (Wildman–Crippen MR) is 43.2 cm³/mol. The van der Waals surface area contributed by atoms with Crippen LogP contribution in [0.1, 0.15) is 13.3 Å². The third-order valence-electron chi connectivity index (χ3n) is 0.911. The van der Waals surface area contributed by atoms with Gasteiger partial charge >= 0.3 is 5.97 Å². The smallest absolute Gasteiger partial charge is 0.352 e. The molecule has 0 saturated carbocycles. The fourth-order valence-electron chi connectivity index (χ4n) is 0.452. The van der Waals surface area contributed by atoms with Crippen molar-refractivity contribution >= 4 is 16.8 Å². The van der Waals surface area contributed by atoms with Gasteiger partial charge in [0.05, 0.1) is 0 Å². The normalized spacial score (nSPS) is 14.5. The highest BCUT2D eigenvalue weighted by molar-refractivity contribution is 7.88. The van der Waals surface area contributed by atoms with Crippen molar-refractivity contribution < 1.29 is 14.1 Å². The molecule has 4 nitrogen and oxygen atoms in total. The number of carbonyl (C=O) groups is 1. The van der Waals surface area contributed by atoms with Crippen LogP contribution in [-0.2, 0) is 15.6 Å². The molecule has 0 saturated heterocycles. The second-order valence-electron chi connectivity index (χ2n) is 1.96. The number of carboxylic acid groups (broad SMARTS) is 1. The Bertz CT molecular complexity index is 200. The largest absolute Gasteiger partial charge is 0.477 e. The molecule has 5 heteroatoms. The molecule has 0 aromatic rings. The van der Waals surface area contributed by atoms with Gasteiger partial charge in [-0.25, -0.2) is 4.79 Å². The van der Waals surface area contributed by atoms with Gasteiger partial charge in [-0.2, -0.15) is 0 Å². The summed E-state index contributed by atoms with van der Waals surface area (Å²) in [6, 6.07) is 0. The second kappa shape index (κ2) is 4.90. The van der Waals surface area contributed by atoms with Crippen LogP contribution >= 0.6 is 0 Å². The van der Waals surface area contributed by atoms with Gasteiger partial charge in [0.1, 0.15) is 5.70 Å². The molecule has 0 fully saturated rings. The standard InChI is InChI=1S/C6H11NO3S/c1-2-3-11(10)4-5(7)6(8)9/h4H,2-3,7H2,1H3,(H,8,9)/b5-4-. The van der Waals surface area contributed by atoms with Crippen molar-refractivity contribution in [3.05, 3.63) is 11.1 Å². The van der Waals surface area contributed by atoms with E-state index in [1.165, 1.54) is 0 Å². The molecule has 0 rings (SSSR count). The summed E-state index contributed by atoms with van der Waals surface area (Å²) in [4.78, 5) is 10.1. The summed E-state index contributed by atoms with van der Waals surface area (Å²) in [7, 11) is -1.24. The summed E-state index contributed by atoms with van der Waals surface area (Å²) in [6.45, 7) is 1.86. The summed E-state index contributed by atoms with van der Waals surface area (Å²) in [5, 5.41) is 9.33. The van der Waals surface area contributed by atoms with Gasteiger partial charge in [-0.1, -0.05) is 6.92 Å². The first-order valence-corrected chi connectivity index (χ1v) is 4.54. The van der Waals surface area contributed by atoms with Gasteiger partial charge in [-0.15, -0.1) is 0 Å². The molecule has 0 spiro atoms. The van der Waals surface area contributed by atoms with Crippen molar-refractivity contribution in [1.29, 1.82) is 0 Å². The van der Waals surface area contributed by atoms with Crippen LogP contribution in [-0.4, -0.2) is 21.0 Å². The van der Waals surface area contributed by atoms with Gasteiger partial charge in [0.2, 0.25) is 0 Å². The van der Waals surface area contributed by atoms with Crippen LogP contribution in [0.5, 0.6) is 0 Å². The molecular formula is C6H11NO3S. The Kier molecular flexibility index (Phi) is 4.52. The minimum Gasteiger partial charge on any atom is -0.477 e. The molecule has 3 N–H and O–H groups in total. The lowest BCUT2D eigenvalue weighted by atomic mass is 10.5. The Morgan fingerprint density at radius 3 is 2.64 bits per heavy atom. The van der Waals surface area contributed by atoms with Crippen LogP contribution in [0, 0.1) is 0 Å². The molecule has 0 bridgehead atoms. The molecule has 11 heavy (non-hydrogen) atoms. The number of aliphatic carboxylic acids is 1. The highest BCUT2D eigenvalue weighted by Gasteiger charge is 2.02. The molecule has 0 amide bonds. The number of rotatable bonds is 4. The average molecular weight is 177 g/mol. The Balaban J connectivity index is 4.08. The summed E-state index contributed by atoms with van der Waals surface area (Å²) in [5.41, 5.74) is 4.67. The summed E-state index contributed by atoms with van der Waals surface area (Å²) >= 11 is 0. The minimum atomic E-state index is -1.24. The lowest BCUT2D eigenvalue weighted by Gasteiger charge is -1.93. The van der Waals surface area contributed by atoms with Gasteiger partial charge in [-0.05, 0) is 6.42 Å². The van der Waals surface area contributed by atoms with E-state index in [9.17, 15) is 9.00 Å². The van der Waals surface area contributed by atoms with Crippen LogP contribution in [0.4, 0.5) is 0 Å². The molecule has 1 unspecified atom stereocenters. The molecule has 0 aromatic carbocycles. The van der Waals surface area contributed by atoms with E-state index in [0.29, 0.717) is 5.75 Å². The lowest BCUT2D eigenvalue weighted by Crippen LogP contribution is -2.11. The molecule has 0 aliphatic rings. The maximum Gasteiger partial charge on any atom is 0.352 e. The van der Waals surface area contributed by atoms with E-state index in [0.717, 1.165) is 11.8 Å². The van der Waals surface area contributed by atoms with E-state index in [-0.39, 0.29) is 5.70 Å². The highest BCUT2D eigenvalue weighted by atomic mass is 32.2. The molecule has 64 valence electrons. The van der Waals surface area contributed by atoms with E-state index >= 15 is 0 Å².